The summed E-state index contributed by atoms with van der Waals surface area (Å²) in [5.41, 5.74) is 1.75. The van der Waals surface area contributed by atoms with Crippen LogP contribution in [-0.4, -0.2) is 37.9 Å². The zero-order chi connectivity index (χ0) is 18.6. The van der Waals surface area contributed by atoms with Gasteiger partial charge in [0, 0.05) is 11.6 Å². The van der Waals surface area contributed by atoms with Gasteiger partial charge in [-0.05, 0) is 37.8 Å². The van der Waals surface area contributed by atoms with E-state index in [1.807, 2.05) is 60.7 Å². The van der Waals surface area contributed by atoms with Gasteiger partial charge in [0.25, 0.3) is 5.91 Å². The zero-order valence-corrected chi connectivity index (χ0v) is 15.0. The van der Waals surface area contributed by atoms with Crippen LogP contribution in [-0.2, 0) is 0 Å². The Kier molecular flexibility index (Phi) is 4.98. The summed E-state index contributed by atoms with van der Waals surface area (Å²) in [5.74, 6) is 0.512. The molecule has 0 spiro atoms. The highest BCUT2D eigenvalue weighted by molar-refractivity contribution is 5.91. The lowest BCUT2D eigenvalue weighted by atomic mass is 9.93. The van der Waals surface area contributed by atoms with Crippen molar-refractivity contribution in [2.75, 3.05) is 0 Å². The Hall–Kier alpha value is -2.99. The predicted octanol–water partition coefficient (Wildman–Crippen LogP) is 2.97. The van der Waals surface area contributed by atoms with Gasteiger partial charge in [0.15, 0.2) is 5.82 Å². The Labute approximate surface area is 157 Å². The maximum atomic E-state index is 12.7. The third-order valence-electron chi connectivity index (χ3n) is 4.87. The Morgan fingerprint density at radius 3 is 2.26 bits per heavy atom. The standard InChI is InChI=1S/C21H22N4O2/c26-18-13-11-16(12-14-18)22-21(27)19-23-20(15-7-3-1-4-8-15)25(24-19)17-9-5-2-6-10-17/h1-10,16,18,26H,11-14H2,(H,22,27). The smallest absolute Gasteiger partial charge is 0.291 e. The maximum Gasteiger partial charge on any atom is 0.291 e. The van der Waals surface area contributed by atoms with Gasteiger partial charge in [-0.15, -0.1) is 5.10 Å². The van der Waals surface area contributed by atoms with Crippen molar-refractivity contribution in [1.29, 1.82) is 0 Å². The number of nitrogens with one attached hydrogen (secondary N) is 1. The molecule has 138 valence electrons. The summed E-state index contributed by atoms with van der Waals surface area (Å²) in [6, 6.07) is 19.4. The van der Waals surface area contributed by atoms with E-state index < -0.39 is 0 Å². The van der Waals surface area contributed by atoms with Crippen LogP contribution < -0.4 is 5.32 Å². The minimum atomic E-state index is -0.275. The van der Waals surface area contributed by atoms with Gasteiger partial charge in [-0.3, -0.25) is 4.79 Å². The van der Waals surface area contributed by atoms with Crippen LogP contribution in [0.2, 0.25) is 0 Å². The molecule has 6 nitrogen and oxygen atoms in total. The molecule has 1 fully saturated rings. The van der Waals surface area contributed by atoms with E-state index in [0.717, 1.165) is 24.1 Å². The quantitative estimate of drug-likeness (QED) is 0.748. The van der Waals surface area contributed by atoms with Crippen LogP contribution in [0.5, 0.6) is 0 Å². The SMILES string of the molecule is O=C(NC1CCC(O)CC1)c1nc(-c2ccccc2)n(-c2ccccc2)n1. The van der Waals surface area contributed by atoms with E-state index in [1.54, 1.807) is 4.68 Å². The first-order chi connectivity index (χ1) is 13.2. The van der Waals surface area contributed by atoms with Crippen molar-refractivity contribution in [2.45, 2.75) is 37.8 Å². The summed E-state index contributed by atoms with van der Waals surface area (Å²) in [4.78, 5) is 17.2. The number of aromatic nitrogens is 3. The van der Waals surface area contributed by atoms with E-state index in [0.29, 0.717) is 18.7 Å². The average Bonchev–Trinajstić information content (AvgIpc) is 3.17. The van der Waals surface area contributed by atoms with Gasteiger partial charge in [-0.25, -0.2) is 9.67 Å². The van der Waals surface area contributed by atoms with Crippen LogP contribution in [0, 0.1) is 0 Å². The number of rotatable bonds is 4. The Morgan fingerprint density at radius 2 is 1.59 bits per heavy atom. The molecule has 0 unspecified atom stereocenters. The fraction of sp³-hybridized carbons (Fsp3) is 0.286. The molecule has 2 aromatic carbocycles. The van der Waals surface area contributed by atoms with Crippen molar-refractivity contribution in [3.8, 4) is 17.1 Å². The molecule has 4 rings (SSSR count). The molecular formula is C21H22N4O2. The highest BCUT2D eigenvalue weighted by Gasteiger charge is 2.24. The second-order valence-corrected chi connectivity index (χ2v) is 6.85. The number of hydrogen-bond acceptors (Lipinski definition) is 4. The minimum Gasteiger partial charge on any atom is -0.393 e. The van der Waals surface area contributed by atoms with Gasteiger partial charge in [0.2, 0.25) is 5.82 Å². The lowest BCUT2D eigenvalue weighted by Crippen LogP contribution is -2.39. The topological polar surface area (TPSA) is 80.0 Å². The third-order valence-corrected chi connectivity index (χ3v) is 4.87. The normalized spacial score (nSPS) is 19.6. The van der Waals surface area contributed by atoms with Crippen molar-refractivity contribution in [1.82, 2.24) is 20.1 Å². The summed E-state index contributed by atoms with van der Waals surface area (Å²) in [7, 11) is 0. The fourth-order valence-corrected chi connectivity index (χ4v) is 3.40. The summed E-state index contributed by atoms with van der Waals surface area (Å²) in [5, 5.41) is 17.1. The van der Waals surface area contributed by atoms with Crippen molar-refractivity contribution < 1.29 is 9.90 Å². The van der Waals surface area contributed by atoms with Crippen molar-refractivity contribution in [3.05, 3.63) is 66.5 Å². The number of aliphatic hydroxyl groups excluding tert-OH is 1. The van der Waals surface area contributed by atoms with Crippen molar-refractivity contribution in [3.63, 3.8) is 0 Å². The first-order valence-electron chi connectivity index (χ1n) is 9.27. The molecule has 0 saturated heterocycles. The van der Waals surface area contributed by atoms with Gasteiger partial charge in [-0.1, -0.05) is 48.5 Å². The third kappa shape index (κ3) is 3.90. The lowest BCUT2D eigenvalue weighted by molar-refractivity contribution is 0.0858. The van der Waals surface area contributed by atoms with Crippen LogP contribution >= 0.6 is 0 Å². The van der Waals surface area contributed by atoms with E-state index in [4.69, 9.17) is 0 Å². The first-order valence-corrected chi connectivity index (χ1v) is 9.27. The number of benzene rings is 2. The van der Waals surface area contributed by atoms with Crippen LogP contribution in [0.25, 0.3) is 17.1 Å². The van der Waals surface area contributed by atoms with Gasteiger partial charge < -0.3 is 10.4 Å². The summed E-state index contributed by atoms with van der Waals surface area (Å²) >= 11 is 0. The average molecular weight is 362 g/mol. The van der Waals surface area contributed by atoms with E-state index >= 15 is 0 Å². The molecule has 0 radical (unpaired) electrons. The first kappa shape index (κ1) is 17.4. The fourth-order valence-electron chi connectivity index (χ4n) is 3.40. The zero-order valence-electron chi connectivity index (χ0n) is 15.0. The number of nitrogens with zero attached hydrogens (tertiary/aromatic N) is 3. The number of para-hydroxylation sites is 1. The molecule has 1 saturated carbocycles. The maximum absolute atomic E-state index is 12.7. The number of hydrogen-bond donors (Lipinski definition) is 2. The molecule has 0 atom stereocenters. The highest BCUT2D eigenvalue weighted by Crippen LogP contribution is 2.22. The molecule has 6 heteroatoms. The molecule has 1 aliphatic rings. The Bertz CT molecular complexity index is 843. The van der Waals surface area contributed by atoms with E-state index in [2.05, 4.69) is 15.4 Å². The predicted molar refractivity (Wildman–Crippen MR) is 103 cm³/mol. The summed E-state index contributed by atoms with van der Waals surface area (Å²) in [6.45, 7) is 0. The number of amides is 1. The van der Waals surface area contributed by atoms with Gasteiger partial charge in [0.05, 0.1) is 11.8 Å². The molecule has 2 N–H and O–H groups in total. The Balaban J connectivity index is 1.64. The molecule has 1 aromatic heterocycles. The van der Waals surface area contributed by atoms with Crippen molar-refractivity contribution in [2.24, 2.45) is 0 Å². The molecule has 0 aliphatic heterocycles. The van der Waals surface area contributed by atoms with Gasteiger partial charge >= 0.3 is 0 Å². The number of aliphatic hydroxyl groups is 1. The second-order valence-electron chi connectivity index (χ2n) is 6.85. The highest BCUT2D eigenvalue weighted by atomic mass is 16.3. The molecule has 27 heavy (non-hydrogen) atoms. The monoisotopic (exact) mass is 362 g/mol. The molecule has 0 bridgehead atoms. The van der Waals surface area contributed by atoms with Crippen LogP contribution in [0.15, 0.2) is 60.7 Å². The Morgan fingerprint density at radius 1 is 0.963 bits per heavy atom. The van der Waals surface area contributed by atoms with Gasteiger partial charge in [0.1, 0.15) is 0 Å². The lowest BCUT2D eigenvalue weighted by Gasteiger charge is -2.25. The van der Waals surface area contributed by atoms with Crippen LogP contribution in [0.4, 0.5) is 0 Å². The minimum absolute atomic E-state index is 0.0600. The van der Waals surface area contributed by atoms with Gasteiger partial charge in [-0.2, -0.15) is 0 Å². The largest absolute Gasteiger partial charge is 0.393 e. The van der Waals surface area contributed by atoms with E-state index in [1.165, 1.54) is 0 Å². The van der Waals surface area contributed by atoms with Crippen LogP contribution in [0.1, 0.15) is 36.3 Å². The molecule has 3 aromatic rings. The van der Waals surface area contributed by atoms with E-state index in [9.17, 15) is 9.90 Å². The summed E-state index contributed by atoms with van der Waals surface area (Å²) in [6.07, 6.45) is 2.73. The molecule has 1 amide bonds. The molecular weight excluding hydrogens is 340 g/mol. The van der Waals surface area contributed by atoms with E-state index in [-0.39, 0.29) is 23.9 Å². The molecule has 1 aliphatic carbocycles. The summed E-state index contributed by atoms with van der Waals surface area (Å²) < 4.78 is 1.70. The number of carbonyl (C=O) groups excluding carboxylic acids is 1. The van der Waals surface area contributed by atoms with Crippen molar-refractivity contribution >= 4 is 5.91 Å². The number of carbonyl (C=O) groups is 1. The molecule has 1 heterocycles. The van der Waals surface area contributed by atoms with Crippen LogP contribution in [0.3, 0.4) is 0 Å². The second kappa shape index (κ2) is 7.72.